The van der Waals surface area contributed by atoms with Crippen LogP contribution in [0.5, 0.6) is 5.75 Å². The number of piperazine rings is 1. The third-order valence-electron chi connectivity index (χ3n) is 6.00. The summed E-state index contributed by atoms with van der Waals surface area (Å²) in [5.41, 5.74) is 1.50. The van der Waals surface area contributed by atoms with Gasteiger partial charge in [0.2, 0.25) is 0 Å². The van der Waals surface area contributed by atoms with Gasteiger partial charge in [0.05, 0.1) is 11.7 Å². The van der Waals surface area contributed by atoms with Gasteiger partial charge in [-0.3, -0.25) is 9.89 Å². The van der Waals surface area contributed by atoms with Gasteiger partial charge in [0, 0.05) is 31.7 Å². The molecule has 2 heterocycles. The maximum atomic E-state index is 12.2. The SMILES string of the molecule is CC[C@@H](N=C1NS(=O)(=O)N=C1Nc1cccc(C(O)N2CCN(C)CC2)c1O)c1ccccc1. The van der Waals surface area contributed by atoms with Crippen LogP contribution in [0.15, 0.2) is 57.9 Å². The number of nitrogens with zero attached hydrogens (tertiary/aromatic N) is 4. The van der Waals surface area contributed by atoms with Gasteiger partial charge in [-0.25, -0.2) is 4.72 Å². The number of aliphatic hydroxyl groups excluding tert-OH is 1. The van der Waals surface area contributed by atoms with Crippen LogP contribution < -0.4 is 10.0 Å². The second-order valence-electron chi connectivity index (χ2n) is 8.41. The molecule has 182 valence electrons. The van der Waals surface area contributed by atoms with Gasteiger partial charge in [-0.2, -0.15) is 8.42 Å². The van der Waals surface area contributed by atoms with E-state index in [0.717, 1.165) is 18.7 Å². The summed E-state index contributed by atoms with van der Waals surface area (Å²) in [6, 6.07) is 14.2. The van der Waals surface area contributed by atoms with Crippen molar-refractivity contribution in [1.82, 2.24) is 14.5 Å². The Morgan fingerprint density at radius 2 is 1.82 bits per heavy atom. The van der Waals surface area contributed by atoms with E-state index in [2.05, 4.69) is 24.3 Å². The Bertz CT molecular complexity index is 1180. The third kappa shape index (κ3) is 5.39. The summed E-state index contributed by atoms with van der Waals surface area (Å²) in [6.45, 7) is 4.92. The Morgan fingerprint density at radius 3 is 2.50 bits per heavy atom. The van der Waals surface area contributed by atoms with Crippen LogP contribution in [0.25, 0.3) is 0 Å². The fourth-order valence-corrected chi connectivity index (χ4v) is 4.83. The Kier molecular flexibility index (Phi) is 7.17. The van der Waals surface area contributed by atoms with Crippen molar-refractivity contribution in [2.24, 2.45) is 9.39 Å². The third-order valence-corrected chi connectivity index (χ3v) is 6.87. The number of amidine groups is 2. The highest BCUT2D eigenvalue weighted by Crippen LogP contribution is 2.34. The minimum atomic E-state index is -3.96. The van der Waals surface area contributed by atoms with Gasteiger partial charge in [-0.15, -0.1) is 4.40 Å². The molecule has 0 spiro atoms. The summed E-state index contributed by atoms with van der Waals surface area (Å²) >= 11 is 0. The summed E-state index contributed by atoms with van der Waals surface area (Å²) < 4.78 is 30.5. The van der Waals surface area contributed by atoms with Crippen LogP contribution in [-0.2, 0) is 10.2 Å². The lowest BCUT2D eigenvalue weighted by atomic mass is 10.1. The van der Waals surface area contributed by atoms with Crippen molar-refractivity contribution in [2.45, 2.75) is 25.6 Å². The molecule has 2 aliphatic rings. The lowest BCUT2D eigenvalue weighted by Gasteiger charge is -2.35. The number of nitrogens with one attached hydrogen (secondary N) is 2. The van der Waals surface area contributed by atoms with Crippen LogP contribution in [-0.4, -0.2) is 73.3 Å². The van der Waals surface area contributed by atoms with Gasteiger partial charge in [0.25, 0.3) is 0 Å². The maximum absolute atomic E-state index is 12.2. The van der Waals surface area contributed by atoms with Crippen molar-refractivity contribution in [2.75, 3.05) is 38.5 Å². The molecule has 10 nitrogen and oxygen atoms in total. The first-order valence-corrected chi connectivity index (χ1v) is 12.7. The molecule has 2 aliphatic heterocycles. The molecule has 0 bridgehead atoms. The number of aromatic hydroxyl groups is 1. The average Bonchev–Trinajstić information content (AvgIpc) is 3.12. The number of hydrogen-bond acceptors (Lipinski definition) is 8. The minimum Gasteiger partial charge on any atom is -0.505 e. The van der Waals surface area contributed by atoms with Crippen LogP contribution in [0.4, 0.5) is 5.69 Å². The topological polar surface area (TPSA) is 130 Å². The van der Waals surface area contributed by atoms with Crippen LogP contribution in [0.3, 0.4) is 0 Å². The molecule has 11 heteroatoms. The van der Waals surface area contributed by atoms with E-state index in [-0.39, 0.29) is 29.1 Å². The molecule has 1 fully saturated rings. The monoisotopic (exact) mass is 486 g/mol. The van der Waals surface area contributed by atoms with Crippen molar-refractivity contribution >= 4 is 27.6 Å². The van der Waals surface area contributed by atoms with E-state index in [0.29, 0.717) is 25.1 Å². The Hall–Kier alpha value is -2.99. The summed E-state index contributed by atoms with van der Waals surface area (Å²) in [4.78, 5) is 8.65. The molecule has 0 aliphatic carbocycles. The number of anilines is 1. The fraction of sp³-hybridized carbons (Fsp3) is 0.391. The molecule has 1 saturated heterocycles. The predicted molar refractivity (Wildman–Crippen MR) is 132 cm³/mol. The van der Waals surface area contributed by atoms with E-state index in [4.69, 9.17) is 0 Å². The predicted octanol–water partition coefficient (Wildman–Crippen LogP) is 1.84. The molecular weight excluding hydrogens is 456 g/mol. The first-order chi connectivity index (χ1) is 16.3. The molecule has 2 aromatic carbocycles. The first-order valence-electron chi connectivity index (χ1n) is 11.2. The molecule has 34 heavy (non-hydrogen) atoms. The number of phenols is 1. The van der Waals surface area contributed by atoms with Crippen LogP contribution >= 0.6 is 0 Å². The van der Waals surface area contributed by atoms with E-state index in [1.165, 1.54) is 0 Å². The highest BCUT2D eigenvalue weighted by molar-refractivity contribution is 7.89. The van der Waals surface area contributed by atoms with Gasteiger partial charge in [-0.05, 0) is 25.1 Å². The molecule has 2 atom stereocenters. The number of benzene rings is 2. The Balaban J connectivity index is 1.60. The quantitative estimate of drug-likeness (QED) is 0.459. The summed E-state index contributed by atoms with van der Waals surface area (Å²) in [5.74, 6) is -0.119. The minimum absolute atomic E-state index is 0.0177. The standard InChI is InChI=1S/C23H30N6O4S/c1-3-18(16-8-5-4-6-9-16)24-21-22(27-34(32,33)26-21)25-19-11-7-10-17(20(19)30)23(31)29-14-12-28(2)13-15-29/h4-11,18,23,30-31H,3,12-15H2,1-2H3,(H,24,26)(H,25,27)/t18-,23?/m1/s1. The zero-order chi connectivity index (χ0) is 24.3. The number of hydrogen-bond donors (Lipinski definition) is 4. The van der Waals surface area contributed by atoms with Gasteiger partial charge in [-0.1, -0.05) is 49.4 Å². The van der Waals surface area contributed by atoms with E-state index >= 15 is 0 Å². The average molecular weight is 487 g/mol. The second kappa shape index (κ2) is 10.1. The molecule has 0 radical (unpaired) electrons. The van der Waals surface area contributed by atoms with Crippen LogP contribution in [0.2, 0.25) is 0 Å². The van der Waals surface area contributed by atoms with Crippen molar-refractivity contribution in [3.05, 3.63) is 59.7 Å². The molecule has 4 N–H and O–H groups in total. The van der Waals surface area contributed by atoms with E-state index in [1.807, 2.05) is 49.2 Å². The van der Waals surface area contributed by atoms with Gasteiger partial charge in [0.15, 0.2) is 11.7 Å². The molecule has 0 amide bonds. The van der Waals surface area contributed by atoms with Crippen LogP contribution in [0.1, 0.15) is 36.7 Å². The molecule has 0 saturated carbocycles. The normalized spacial score (nSPS) is 21.6. The number of likely N-dealkylation sites (N-methyl/N-ethyl adjacent to an activating group) is 1. The summed E-state index contributed by atoms with van der Waals surface area (Å²) in [5, 5.41) is 24.7. The Morgan fingerprint density at radius 1 is 1.12 bits per heavy atom. The Labute approximate surface area is 199 Å². The maximum Gasteiger partial charge on any atom is 0.345 e. The highest BCUT2D eigenvalue weighted by atomic mass is 32.2. The molecule has 4 rings (SSSR count). The lowest BCUT2D eigenvalue weighted by Crippen LogP contribution is -2.45. The molecule has 2 aromatic rings. The molecule has 1 unspecified atom stereocenters. The number of para-hydroxylation sites is 1. The highest BCUT2D eigenvalue weighted by Gasteiger charge is 2.30. The zero-order valence-corrected chi connectivity index (χ0v) is 20.0. The fourth-order valence-electron chi connectivity index (χ4n) is 4.02. The molecular formula is C23H30N6O4S. The van der Waals surface area contributed by atoms with E-state index in [1.54, 1.807) is 18.2 Å². The van der Waals surface area contributed by atoms with E-state index < -0.39 is 16.4 Å². The number of phenolic OH excluding ortho intramolecular Hbond substituents is 1. The zero-order valence-electron chi connectivity index (χ0n) is 19.2. The first kappa shape index (κ1) is 24.1. The smallest absolute Gasteiger partial charge is 0.345 e. The van der Waals surface area contributed by atoms with Crippen molar-refractivity contribution in [3.8, 4) is 5.75 Å². The van der Waals surface area contributed by atoms with Crippen molar-refractivity contribution in [3.63, 3.8) is 0 Å². The van der Waals surface area contributed by atoms with Gasteiger partial charge >= 0.3 is 10.2 Å². The van der Waals surface area contributed by atoms with Gasteiger partial charge in [0.1, 0.15) is 12.0 Å². The van der Waals surface area contributed by atoms with Gasteiger partial charge < -0.3 is 20.4 Å². The van der Waals surface area contributed by atoms with Crippen LogP contribution in [0, 0.1) is 0 Å². The number of aliphatic imine (C=N–C) groups is 1. The van der Waals surface area contributed by atoms with E-state index in [9.17, 15) is 18.6 Å². The summed E-state index contributed by atoms with van der Waals surface area (Å²) in [6.07, 6.45) is -0.334. The summed E-state index contributed by atoms with van der Waals surface area (Å²) in [7, 11) is -1.94. The lowest BCUT2D eigenvalue weighted by molar-refractivity contribution is -0.0243. The van der Waals surface area contributed by atoms with Crippen molar-refractivity contribution in [1.29, 1.82) is 0 Å². The number of rotatable bonds is 6. The van der Waals surface area contributed by atoms with Crippen molar-refractivity contribution < 1.29 is 18.6 Å². The molecule has 0 aromatic heterocycles. The largest absolute Gasteiger partial charge is 0.505 e. The second-order valence-corrected chi connectivity index (χ2v) is 9.75. The number of aliphatic hydroxyl groups is 1.